The number of tetrazole rings is 1. The third kappa shape index (κ3) is 4.08. The first-order valence-electron chi connectivity index (χ1n) is 8.06. The third-order valence-corrected chi connectivity index (χ3v) is 4.05. The molecular formula is C18H17F2N5O. The van der Waals surface area contributed by atoms with Crippen LogP contribution in [0, 0.1) is 11.6 Å². The van der Waals surface area contributed by atoms with Crippen LogP contribution in [0.5, 0.6) is 0 Å². The number of amides is 1. The summed E-state index contributed by atoms with van der Waals surface area (Å²) >= 11 is 0. The predicted octanol–water partition coefficient (Wildman–Crippen LogP) is 2.61. The average Bonchev–Trinajstić information content (AvgIpc) is 3.14. The number of hydrogen-bond acceptors (Lipinski definition) is 4. The van der Waals surface area contributed by atoms with Gasteiger partial charge < -0.3 is 5.32 Å². The van der Waals surface area contributed by atoms with Crippen molar-refractivity contribution in [1.82, 2.24) is 25.5 Å². The summed E-state index contributed by atoms with van der Waals surface area (Å²) in [4.78, 5) is 12.8. The molecule has 1 amide bonds. The molecule has 1 N–H and O–H groups in total. The Hall–Kier alpha value is -3.16. The first-order chi connectivity index (χ1) is 12.5. The Kier molecular flexibility index (Phi) is 5.31. The Bertz CT molecular complexity index is 871. The molecule has 2 atom stereocenters. The molecule has 0 spiro atoms. The Morgan fingerprint density at radius 3 is 2.62 bits per heavy atom. The normalized spacial score (nSPS) is 13.2. The van der Waals surface area contributed by atoms with Gasteiger partial charge in [0.05, 0.1) is 6.04 Å². The van der Waals surface area contributed by atoms with Crippen molar-refractivity contribution in [2.24, 2.45) is 0 Å². The Balaban J connectivity index is 1.79. The number of benzene rings is 2. The van der Waals surface area contributed by atoms with Crippen LogP contribution in [0.4, 0.5) is 8.78 Å². The third-order valence-electron chi connectivity index (χ3n) is 4.05. The van der Waals surface area contributed by atoms with E-state index in [9.17, 15) is 13.6 Å². The van der Waals surface area contributed by atoms with E-state index in [2.05, 4.69) is 20.8 Å². The number of carbonyl (C=O) groups excluding carboxylic acids is 1. The van der Waals surface area contributed by atoms with Crippen molar-refractivity contribution >= 4 is 5.91 Å². The summed E-state index contributed by atoms with van der Waals surface area (Å²) in [5.41, 5.74) is 1.14. The van der Waals surface area contributed by atoms with Crippen molar-refractivity contribution in [2.75, 3.05) is 0 Å². The van der Waals surface area contributed by atoms with Crippen molar-refractivity contribution < 1.29 is 13.6 Å². The molecule has 1 heterocycles. The lowest BCUT2D eigenvalue weighted by atomic mass is 10.0. The minimum atomic E-state index is -0.708. The fourth-order valence-electron chi connectivity index (χ4n) is 2.69. The SMILES string of the molecule is C[C@H](NC(=O)[C@H](Cc1ccccc1)n1cnnn1)c1ccc(F)cc1F. The topological polar surface area (TPSA) is 72.7 Å². The molecule has 0 saturated carbocycles. The Labute approximate surface area is 148 Å². The number of nitrogens with one attached hydrogen (secondary N) is 1. The number of aromatic nitrogens is 4. The fraction of sp³-hybridized carbons (Fsp3) is 0.222. The van der Waals surface area contributed by atoms with Gasteiger partial charge in [-0.05, 0) is 29.0 Å². The first-order valence-corrected chi connectivity index (χ1v) is 8.06. The van der Waals surface area contributed by atoms with E-state index in [1.807, 2.05) is 30.3 Å². The summed E-state index contributed by atoms with van der Waals surface area (Å²) in [7, 11) is 0. The molecular weight excluding hydrogens is 340 g/mol. The van der Waals surface area contributed by atoms with Crippen LogP contribution in [0.15, 0.2) is 54.9 Å². The van der Waals surface area contributed by atoms with Crippen LogP contribution >= 0.6 is 0 Å². The monoisotopic (exact) mass is 357 g/mol. The van der Waals surface area contributed by atoms with Gasteiger partial charge in [0.15, 0.2) is 0 Å². The van der Waals surface area contributed by atoms with Gasteiger partial charge in [0.2, 0.25) is 5.91 Å². The van der Waals surface area contributed by atoms with Crippen LogP contribution in [-0.4, -0.2) is 26.1 Å². The van der Waals surface area contributed by atoms with Crippen molar-refractivity contribution in [3.8, 4) is 0 Å². The molecule has 0 unspecified atom stereocenters. The smallest absolute Gasteiger partial charge is 0.245 e. The zero-order chi connectivity index (χ0) is 18.5. The van der Waals surface area contributed by atoms with Gasteiger partial charge >= 0.3 is 0 Å². The minimum absolute atomic E-state index is 0.204. The maximum Gasteiger partial charge on any atom is 0.245 e. The van der Waals surface area contributed by atoms with Crippen molar-refractivity contribution in [3.05, 3.63) is 77.6 Å². The highest BCUT2D eigenvalue weighted by Gasteiger charge is 2.24. The predicted molar refractivity (Wildman–Crippen MR) is 89.9 cm³/mol. The largest absolute Gasteiger partial charge is 0.348 e. The molecule has 8 heteroatoms. The summed E-state index contributed by atoms with van der Waals surface area (Å²) in [5, 5.41) is 13.7. The van der Waals surface area contributed by atoms with Gasteiger partial charge in [-0.2, -0.15) is 0 Å². The van der Waals surface area contributed by atoms with E-state index in [0.717, 1.165) is 17.7 Å². The highest BCUT2D eigenvalue weighted by molar-refractivity contribution is 5.80. The van der Waals surface area contributed by atoms with E-state index in [1.54, 1.807) is 6.92 Å². The molecule has 134 valence electrons. The highest BCUT2D eigenvalue weighted by atomic mass is 19.1. The van der Waals surface area contributed by atoms with E-state index in [-0.39, 0.29) is 11.5 Å². The lowest BCUT2D eigenvalue weighted by Crippen LogP contribution is -2.36. The van der Waals surface area contributed by atoms with E-state index >= 15 is 0 Å². The van der Waals surface area contributed by atoms with Crippen molar-refractivity contribution in [3.63, 3.8) is 0 Å². The molecule has 6 nitrogen and oxygen atoms in total. The summed E-state index contributed by atoms with van der Waals surface area (Å²) in [5.74, 6) is -1.74. The standard InChI is InChI=1S/C18H17F2N5O/c1-12(15-8-7-14(19)10-16(15)20)22-18(26)17(25-11-21-23-24-25)9-13-5-3-2-4-6-13/h2-8,10-12,17H,9H2,1H3,(H,22,26)/t12-,17-/m0/s1. The highest BCUT2D eigenvalue weighted by Crippen LogP contribution is 2.20. The zero-order valence-electron chi connectivity index (χ0n) is 14.0. The van der Waals surface area contributed by atoms with Crippen LogP contribution in [0.1, 0.15) is 30.1 Å². The van der Waals surface area contributed by atoms with Crippen LogP contribution in [-0.2, 0) is 11.2 Å². The quantitative estimate of drug-likeness (QED) is 0.736. The molecule has 0 bridgehead atoms. The van der Waals surface area contributed by atoms with E-state index in [0.29, 0.717) is 6.42 Å². The molecule has 0 aliphatic carbocycles. The van der Waals surface area contributed by atoms with E-state index in [4.69, 9.17) is 0 Å². The van der Waals surface area contributed by atoms with Crippen molar-refractivity contribution in [2.45, 2.75) is 25.4 Å². The number of carbonyl (C=O) groups is 1. The molecule has 0 aliphatic heterocycles. The molecule has 0 saturated heterocycles. The van der Waals surface area contributed by atoms with Gasteiger partial charge in [0, 0.05) is 18.1 Å². The molecule has 3 rings (SSSR count). The van der Waals surface area contributed by atoms with E-state index < -0.39 is 23.7 Å². The molecule has 0 radical (unpaired) electrons. The zero-order valence-corrected chi connectivity index (χ0v) is 14.0. The molecule has 0 fully saturated rings. The Morgan fingerprint density at radius 1 is 1.19 bits per heavy atom. The van der Waals surface area contributed by atoms with Gasteiger partial charge in [-0.1, -0.05) is 36.4 Å². The van der Waals surface area contributed by atoms with Crippen LogP contribution in [0.2, 0.25) is 0 Å². The number of nitrogens with zero attached hydrogens (tertiary/aromatic N) is 4. The number of hydrogen-bond donors (Lipinski definition) is 1. The summed E-state index contributed by atoms with van der Waals surface area (Å²) in [6.45, 7) is 1.63. The lowest BCUT2D eigenvalue weighted by molar-refractivity contribution is -0.125. The average molecular weight is 357 g/mol. The van der Waals surface area contributed by atoms with Crippen LogP contribution in [0.25, 0.3) is 0 Å². The second-order valence-corrected chi connectivity index (χ2v) is 5.89. The Morgan fingerprint density at radius 2 is 1.96 bits per heavy atom. The fourth-order valence-corrected chi connectivity index (χ4v) is 2.69. The maximum atomic E-state index is 13.9. The number of halogens is 2. The van der Waals surface area contributed by atoms with Gasteiger partial charge in [0.1, 0.15) is 24.0 Å². The first kappa shape index (κ1) is 17.7. The summed E-state index contributed by atoms with van der Waals surface area (Å²) in [6, 6.07) is 11.4. The summed E-state index contributed by atoms with van der Waals surface area (Å²) < 4.78 is 28.4. The van der Waals surface area contributed by atoms with Gasteiger partial charge in [-0.3, -0.25) is 4.79 Å². The molecule has 3 aromatic rings. The van der Waals surface area contributed by atoms with Crippen molar-refractivity contribution in [1.29, 1.82) is 0 Å². The van der Waals surface area contributed by atoms with Crippen LogP contribution < -0.4 is 5.32 Å². The molecule has 26 heavy (non-hydrogen) atoms. The maximum absolute atomic E-state index is 13.9. The van der Waals surface area contributed by atoms with Crippen LogP contribution in [0.3, 0.4) is 0 Å². The molecule has 0 aliphatic rings. The minimum Gasteiger partial charge on any atom is -0.348 e. The summed E-state index contributed by atoms with van der Waals surface area (Å²) in [6.07, 6.45) is 1.73. The van der Waals surface area contributed by atoms with Gasteiger partial charge in [-0.15, -0.1) is 5.10 Å². The number of rotatable bonds is 6. The van der Waals surface area contributed by atoms with Gasteiger partial charge in [-0.25, -0.2) is 13.5 Å². The second-order valence-electron chi connectivity index (χ2n) is 5.89. The lowest BCUT2D eigenvalue weighted by Gasteiger charge is -2.20. The molecule has 1 aromatic heterocycles. The van der Waals surface area contributed by atoms with E-state index in [1.165, 1.54) is 17.1 Å². The second kappa shape index (κ2) is 7.81. The van der Waals surface area contributed by atoms with Gasteiger partial charge in [0.25, 0.3) is 0 Å². The molecule has 2 aromatic carbocycles.